The topological polar surface area (TPSA) is 240 Å². The van der Waals surface area contributed by atoms with Gasteiger partial charge in [0.1, 0.15) is 30.2 Å². The molecule has 18 nitrogen and oxygen atoms in total. The van der Waals surface area contributed by atoms with Crippen molar-refractivity contribution in [2.75, 3.05) is 10.6 Å². The number of carbonyl (C=O) groups is 4. The van der Waals surface area contributed by atoms with Crippen LogP contribution < -0.4 is 32.1 Å². The fraction of sp³-hybridized carbons (Fsp3) is 0.429. The lowest BCUT2D eigenvalue weighted by atomic mass is 9.86. The van der Waals surface area contributed by atoms with Crippen LogP contribution in [0.5, 0.6) is 0 Å². The van der Waals surface area contributed by atoms with Gasteiger partial charge in [-0.25, -0.2) is 37.9 Å². The molecule has 0 fully saturated rings. The molecular formula is C56H64F2N6O12Si2. The van der Waals surface area contributed by atoms with Gasteiger partial charge >= 0.3 is 24.1 Å². The van der Waals surface area contributed by atoms with Gasteiger partial charge in [-0.05, 0) is 106 Å². The average Bonchev–Trinajstić information content (AvgIpc) is 4.11. The summed E-state index contributed by atoms with van der Waals surface area (Å²) in [5.74, 6) is -2.87. The average molecular weight is 1110 g/mol. The van der Waals surface area contributed by atoms with Gasteiger partial charge in [0.25, 0.3) is 11.1 Å². The van der Waals surface area contributed by atoms with Gasteiger partial charge in [-0.1, -0.05) is 53.1 Å². The molecule has 78 heavy (non-hydrogen) atoms. The number of anilines is 2. The van der Waals surface area contributed by atoms with Crippen molar-refractivity contribution < 1.29 is 57.1 Å². The summed E-state index contributed by atoms with van der Waals surface area (Å²) in [5.41, 5.74) is -0.942. The van der Waals surface area contributed by atoms with E-state index in [1.807, 2.05) is 0 Å². The standard InChI is InChI=1S/2C28H32FN3O6Si/c1-8-28(36)17-10-21-22-15(12-32(21)24(33)16(17)13-37-25(28)34)23(39(5,6)7)14-9-20(18(29)11-19(14)30-22)31-26(35)38-27(2,3)4;1-8-28(36)16-11-19-22-14(12-32(19)24(33)15(16)13-37-25(28)34)23(39(5,6)7)20-17(30-22)9-10-18(21(20)29)31-26(35)38-27(2,3)4/h2*9-11,36H,8,12-13H2,1-7H3,(H,31,35)/t2*28-/m00/s1. The van der Waals surface area contributed by atoms with Crippen molar-refractivity contribution in [2.24, 2.45) is 0 Å². The Morgan fingerprint density at radius 2 is 1.09 bits per heavy atom. The highest BCUT2D eigenvalue weighted by Crippen LogP contribution is 2.42. The van der Waals surface area contributed by atoms with E-state index < -0.39 is 74.3 Å². The smallest absolute Gasteiger partial charge is 0.412 e. The number of halogens is 2. The van der Waals surface area contributed by atoms with E-state index in [9.17, 15) is 39.0 Å². The van der Waals surface area contributed by atoms with Crippen LogP contribution in [0, 0.1) is 11.6 Å². The Morgan fingerprint density at radius 1 is 0.654 bits per heavy atom. The fourth-order valence-electron chi connectivity index (χ4n) is 10.9. The highest BCUT2D eigenvalue weighted by molar-refractivity contribution is 6.91. The molecule has 0 radical (unpaired) electrons. The van der Waals surface area contributed by atoms with Crippen molar-refractivity contribution in [3.8, 4) is 22.8 Å². The van der Waals surface area contributed by atoms with Crippen molar-refractivity contribution in [2.45, 2.75) is 156 Å². The quantitative estimate of drug-likeness (QED) is 0.0697. The predicted octanol–water partition coefficient (Wildman–Crippen LogP) is 8.22. The second-order valence-corrected chi connectivity index (χ2v) is 34.3. The van der Waals surface area contributed by atoms with E-state index in [-0.39, 0.29) is 83.9 Å². The van der Waals surface area contributed by atoms with Crippen molar-refractivity contribution in [3.63, 3.8) is 0 Å². The molecule has 22 heteroatoms. The zero-order chi connectivity index (χ0) is 57.3. The molecule has 2 aromatic carbocycles. The number of rotatable bonds is 6. The van der Waals surface area contributed by atoms with Gasteiger partial charge in [0.05, 0.1) is 85.5 Å². The number of aromatic nitrogens is 4. The summed E-state index contributed by atoms with van der Waals surface area (Å²) in [5, 5.41) is 30.1. The van der Waals surface area contributed by atoms with Crippen LogP contribution in [0.2, 0.25) is 39.3 Å². The molecule has 10 rings (SSSR count). The van der Waals surface area contributed by atoms with Crippen LogP contribution in [-0.4, -0.2) is 80.8 Å². The Bertz CT molecular complexity index is 3690. The molecule has 0 saturated heterocycles. The first kappa shape index (κ1) is 55.6. The number of nitrogens with zero attached hydrogens (tertiary/aromatic N) is 4. The summed E-state index contributed by atoms with van der Waals surface area (Å²) < 4.78 is 55.4. The fourth-order valence-corrected chi connectivity index (χ4v) is 15.1. The van der Waals surface area contributed by atoms with E-state index in [1.54, 1.807) is 88.8 Å². The Morgan fingerprint density at radius 3 is 1.53 bits per heavy atom. The number of cyclic esters (lactones) is 2. The van der Waals surface area contributed by atoms with Crippen molar-refractivity contribution >= 4 is 83.8 Å². The molecule has 4 aliphatic heterocycles. The molecule has 2 amide bonds. The number of pyridine rings is 4. The number of amides is 2. The molecule has 0 bridgehead atoms. The molecule has 0 saturated carbocycles. The van der Waals surface area contributed by atoms with Gasteiger partial charge in [0.15, 0.2) is 17.0 Å². The summed E-state index contributed by atoms with van der Waals surface area (Å²) in [4.78, 5) is 86.5. The Kier molecular flexibility index (Phi) is 13.4. The minimum absolute atomic E-state index is 0.0233. The highest BCUT2D eigenvalue weighted by Gasteiger charge is 2.48. The zero-order valence-electron chi connectivity index (χ0n) is 46.2. The van der Waals surface area contributed by atoms with E-state index in [0.29, 0.717) is 44.6 Å². The van der Waals surface area contributed by atoms with Crippen LogP contribution >= 0.6 is 0 Å². The lowest BCUT2D eigenvalue weighted by Gasteiger charge is -2.31. The number of hydrogen-bond donors (Lipinski definition) is 4. The maximum absolute atomic E-state index is 16.1. The third-order valence-electron chi connectivity index (χ3n) is 14.3. The number of carbonyl (C=O) groups excluding carboxylic acids is 4. The first-order valence-electron chi connectivity index (χ1n) is 25.8. The summed E-state index contributed by atoms with van der Waals surface area (Å²) in [6, 6.07) is 9.21. The SMILES string of the molecule is CC[C@@]1(O)C(=O)OCc2c1cc1n(c2=O)Cc2c-1nc1cc(F)c(NC(=O)OC(C)(C)C)cc1c2[Si](C)(C)C.CC[C@@]1(O)C(=O)OCc2c1cc1n(c2=O)Cc2c-1nc1ccc(NC(=O)OC(C)(C)C)c(F)c1c2[Si](C)(C)C. The Labute approximate surface area is 450 Å². The lowest BCUT2D eigenvalue weighted by molar-refractivity contribution is -0.172. The summed E-state index contributed by atoms with van der Waals surface area (Å²) >= 11 is 0. The van der Waals surface area contributed by atoms with Crippen LogP contribution in [0.4, 0.5) is 29.7 Å². The molecule has 412 valence electrons. The molecule has 0 unspecified atom stereocenters. The third kappa shape index (κ3) is 9.38. The van der Waals surface area contributed by atoms with Crippen LogP contribution in [0.25, 0.3) is 44.6 Å². The molecule has 8 heterocycles. The van der Waals surface area contributed by atoms with E-state index in [4.69, 9.17) is 28.9 Å². The van der Waals surface area contributed by atoms with E-state index in [0.717, 1.165) is 21.5 Å². The molecule has 2 atom stereocenters. The number of aliphatic hydroxyl groups is 2. The Hall–Kier alpha value is -7.15. The van der Waals surface area contributed by atoms with E-state index in [1.165, 1.54) is 12.1 Å². The first-order chi connectivity index (χ1) is 36.1. The minimum atomic E-state index is -2.29. The van der Waals surface area contributed by atoms with E-state index in [2.05, 4.69) is 49.9 Å². The van der Waals surface area contributed by atoms with Crippen molar-refractivity contribution in [1.29, 1.82) is 0 Å². The molecule has 4 aromatic heterocycles. The van der Waals surface area contributed by atoms with Gasteiger partial charge in [0.2, 0.25) is 0 Å². The van der Waals surface area contributed by atoms with Crippen molar-refractivity contribution in [3.05, 3.63) is 102 Å². The number of fused-ring (bicyclic) bond motifs is 10. The maximum atomic E-state index is 16.1. The van der Waals surface area contributed by atoms with Gasteiger partial charge < -0.3 is 38.3 Å². The molecule has 0 aliphatic carbocycles. The first-order valence-corrected chi connectivity index (χ1v) is 32.8. The van der Waals surface area contributed by atoms with Crippen LogP contribution in [0.1, 0.15) is 102 Å². The van der Waals surface area contributed by atoms with Crippen LogP contribution in [0.3, 0.4) is 0 Å². The van der Waals surface area contributed by atoms with Crippen LogP contribution in [0.15, 0.2) is 46.0 Å². The number of nitrogens with one attached hydrogen (secondary N) is 2. The second-order valence-electron chi connectivity index (χ2n) is 24.3. The zero-order valence-corrected chi connectivity index (χ0v) is 48.2. The number of ether oxygens (including phenoxy) is 4. The molecular weight excluding hydrogens is 1040 g/mol. The molecule has 6 aromatic rings. The number of hydrogen-bond acceptors (Lipinski definition) is 14. The normalized spacial score (nSPS) is 18.3. The van der Waals surface area contributed by atoms with Gasteiger partial charge in [0, 0.05) is 28.0 Å². The lowest BCUT2D eigenvalue weighted by Crippen LogP contribution is -2.44. The highest BCUT2D eigenvalue weighted by atomic mass is 28.3. The van der Waals surface area contributed by atoms with Gasteiger partial charge in [-0.3, -0.25) is 20.2 Å². The number of benzene rings is 2. The summed E-state index contributed by atoms with van der Waals surface area (Å²) in [7, 11) is -4.45. The predicted molar refractivity (Wildman–Crippen MR) is 295 cm³/mol. The molecule has 4 N–H and O–H groups in total. The second kappa shape index (κ2) is 18.8. The summed E-state index contributed by atoms with van der Waals surface area (Å²) in [6.45, 7) is 26.3. The third-order valence-corrected chi connectivity index (χ3v) is 18.5. The van der Waals surface area contributed by atoms with Crippen molar-refractivity contribution in [1.82, 2.24) is 19.1 Å². The van der Waals surface area contributed by atoms with Crippen LogP contribution in [-0.2, 0) is 66.0 Å². The Balaban J connectivity index is 0.000000190. The van der Waals surface area contributed by atoms with Gasteiger partial charge in [-0.15, -0.1) is 0 Å². The van der Waals surface area contributed by atoms with Gasteiger partial charge in [-0.2, -0.15) is 0 Å². The summed E-state index contributed by atoms with van der Waals surface area (Å²) in [6.07, 6.45) is -1.46. The maximum Gasteiger partial charge on any atom is 0.412 e. The molecule has 4 aliphatic rings. The monoisotopic (exact) mass is 1110 g/mol. The number of esters is 2. The largest absolute Gasteiger partial charge is 0.458 e. The molecule has 0 spiro atoms. The van der Waals surface area contributed by atoms with E-state index >= 15 is 8.78 Å². The minimum Gasteiger partial charge on any atom is -0.458 e.